The van der Waals surface area contributed by atoms with Crippen molar-refractivity contribution in [3.8, 4) is 0 Å². The highest BCUT2D eigenvalue weighted by Gasteiger charge is 2.19. The van der Waals surface area contributed by atoms with Crippen LogP contribution in [-0.4, -0.2) is 13.0 Å². The van der Waals surface area contributed by atoms with E-state index in [0.717, 1.165) is 10.9 Å². The van der Waals surface area contributed by atoms with Crippen LogP contribution in [0.25, 0.3) is 0 Å². The molecule has 0 fully saturated rings. The summed E-state index contributed by atoms with van der Waals surface area (Å²) in [7, 11) is 0. The summed E-state index contributed by atoms with van der Waals surface area (Å²) in [6.45, 7) is 4.86. The highest BCUT2D eigenvalue weighted by molar-refractivity contribution is 9.10. The van der Waals surface area contributed by atoms with Crippen molar-refractivity contribution >= 4 is 22.3 Å². The lowest BCUT2D eigenvalue weighted by Crippen LogP contribution is -2.32. The number of rotatable bonds is 4. The van der Waals surface area contributed by atoms with Gasteiger partial charge in [0, 0.05) is 16.4 Å². The number of carbonyl (C=O) groups is 1. The van der Waals surface area contributed by atoms with Gasteiger partial charge in [-0.05, 0) is 17.7 Å². The summed E-state index contributed by atoms with van der Waals surface area (Å²) in [6, 6.07) is 8.16. The van der Waals surface area contributed by atoms with Gasteiger partial charge in [0.1, 0.15) is 0 Å². The maximum atomic E-state index is 10.2. The molecule has 0 aliphatic carbocycles. The zero-order chi connectivity index (χ0) is 10.6. The molecule has 0 spiro atoms. The molecule has 0 radical (unpaired) electrons. The lowest BCUT2D eigenvalue weighted by molar-refractivity contribution is -0.109. The average Bonchev–Trinajstić information content (AvgIpc) is 2.16. The minimum absolute atomic E-state index is 0.0262. The summed E-state index contributed by atoms with van der Waals surface area (Å²) in [5.74, 6) is 0. The van der Waals surface area contributed by atoms with Gasteiger partial charge in [-0.2, -0.15) is 0 Å². The van der Waals surface area contributed by atoms with Gasteiger partial charge in [0.05, 0.1) is 0 Å². The quantitative estimate of drug-likeness (QED) is 0.824. The second-order valence-electron chi connectivity index (χ2n) is 3.89. The second kappa shape index (κ2) is 4.60. The zero-order valence-corrected chi connectivity index (χ0v) is 9.97. The van der Waals surface area contributed by atoms with Gasteiger partial charge in [-0.1, -0.05) is 41.9 Å². The van der Waals surface area contributed by atoms with E-state index in [1.807, 2.05) is 12.1 Å². The number of carbonyl (C=O) groups excluding carboxylic acids is 1. The van der Waals surface area contributed by atoms with Crippen molar-refractivity contribution in [2.24, 2.45) is 0 Å². The molecule has 0 bridgehead atoms. The molecular formula is C11H14BrNO. The summed E-state index contributed by atoms with van der Waals surface area (Å²) in [5.41, 5.74) is 1.19. The van der Waals surface area contributed by atoms with Crippen molar-refractivity contribution in [1.82, 2.24) is 5.32 Å². The van der Waals surface area contributed by atoms with Crippen molar-refractivity contribution in [3.63, 3.8) is 0 Å². The number of hydrogen-bond donors (Lipinski definition) is 1. The fourth-order valence-electron chi connectivity index (χ4n) is 1.30. The van der Waals surface area contributed by atoms with E-state index in [1.54, 1.807) is 0 Å². The molecule has 1 aromatic rings. The molecule has 0 unspecified atom stereocenters. The van der Waals surface area contributed by atoms with Gasteiger partial charge in [-0.15, -0.1) is 0 Å². The van der Waals surface area contributed by atoms with E-state index in [0.29, 0.717) is 6.54 Å². The molecular weight excluding hydrogens is 242 g/mol. The fraction of sp³-hybridized carbons (Fsp3) is 0.364. The average molecular weight is 256 g/mol. The molecule has 0 aliphatic heterocycles. The van der Waals surface area contributed by atoms with Crippen LogP contribution in [-0.2, 0) is 10.2 Å². The first-order valence-electron chi connectivity index (χ1n) is 4.49. The standard InChI is InChI=1S/C11H14BrNO/c1-11(2,7-13-8-14)9-3-5-10(12)6-4-9/h3-6,8H,7H2,1-2H3,(H,13,14). The zero-order valence-electron chi connectivity index (χ0n) is 8.38. The van der Waals surface area contributed by atoms with Crippen LogP contribution in [0.4, 0.5) is 0 Å². The number of amides is 1. The number of nitrogens with one attached hydrogen (secondary N) is 1. The van der Waals surface area contributed by atoms with Gasteiger partial charge in [0.25, 0.3) is 0 Å². The third kappa shape index (κ3) is 2.84. The molecule has 0 saturated carbocycles. The van der Waals surface area contributed by atoms with Gasteiger partial charge in [0.2, 0.25) is 6.41 Å². The first-order chi connectivity index (χ1) is 6.56. The Morgan fingerprint density at radius 3 is 2.43 bits per heavy atom. The molecule has 1 N–H and O–H groups in total. The van der Waals surface area contributed by atoms with Crippen LogP contribution in [0.2, 0.25) is 0 Å². The van der Waals surface area contributed by atoms with Crippen LogP contribution in [0, 0.1) is 0 Å². The summed E-state index contributed by atoms with van der Waals surface area (Å²) >= 11 is 3.39. The van der Waals surface area contributed by atoms with Gasteiger partial charge < -0.3 is 5.32 Å². The molecule has 0 aliphatic rings. The van der Waals surface area contributed by atoms with Crippen LogP contribution in [0.5, 0.6) is 0 Å². The Kier molecular flexibility index (Phi) is 3.69. The van der Waals surface area contributed by atoms with Crippen LogP contribution in [0.1, 0.15) is 19.4 Å². The van der Waals surface area contributed by atoms with Crippen molar-refractivity contribution in [2.75, 3.05) is 6.54 Å². The summed E-state index contributed by atoms with van der Waals surface area (Å²) in [4.78, 5) is 10.2. The Bertz CT molecular complexity index is 306. The fourth-order valence-corrected chi connectivity index (χ4v) is 1.56. The van der Waals surface area contributed by atoms with Gasteiger partial charge >= 0.3 is 0 Å². The second-order valence-corrected chi connectivity index (χ2v) is 4.81. The lowest BCUT2D eigenvalue weighted by atomic mass is 9.85. The molecule has 1 aromatic carbocycles. The normalized spacial score (nSPS) is 11.1. The van der Waals surface area contributed by atoms with Crippen molar-refractivity contribution in [2.45, 2.75) is 19.3 Å². The first kappa shape index (κ1) is 11.2. The number of hydrogen-bond acceptors (Lipinski definition) is 1. The van der Waals surface area contributed by atoms with E-state index in [-0.39, 0.29) is 5.41 Å². The molecule has 1 amide bonds. The number of halogens is 1. The SMILES string of the molecule is CC(C)(CNC=O)c1ccc(Br)cc1. The van der Waals surface area contributed by atoms with E-state index in [1.165, 1.54) is 5.56 Å². The Morgan fingerprint density at radius 1 is 1.36 bits per heavy atom. The molecule has 3 heteroatoms. The smallest absolute Gasteiger partial charge is 0.207 e. The minimum Gasteiger partial charge on any atom is -0.358 e. The molecule has 1 rings (SSSR count). The van der Waals surface area contributed by atoms with Gasteiger partial charge in [-0.3, -0.25) is 4.79 Å². The summed E-state index contributed by atoms with van der Waals surface area (Å²) in [5, 5.41) is 2.71. The summed E-state index contributed by atoms with van der Waals surface area (Å²) < 4.78 is 1.07. The Morgan fingerprint density at radius 2 is 1.93 bits per heavy atom. The lowest BCUT2D eigenvalue weighted by Gasteiger charge is -2.24. The maximum Gasteiger partial charge on any atom is 0.207 e. The number of benzene rings is 1. The van der Waals surface area contributed by atoms with Gasteiger partial charge in [-0.25, -0.2) is 0 Å². The monoisotopic (exact) mass is 255 g/mol. The third-order valence-corrected chi connectivity index (χ3v) is 2.78. The molecule has 2 nitrogen and oxygen atoms in total. The predicted octanol–water partition coefficient (Wildman–Crippen LogP) is 2.47. The molecule has 0 heterocycles. The molecule has 14 heavy (non-hydrogen) atoms. The first-order valence-corrected chi connectivity index (χ1v) is 5.28. The van der Waals surface area contributed by atoms with E-state index < -0.39 is 0 Å². The van der Waals surface area contributed by atoms with Crippen molar-refractivity contribution < 1.29 is 4.79 Å². The molecule has 0 atom stereocenters. The molecule has 0 aromatic heterocycles. The Hall–Kier alpha value is -0.830. The van der Waals surface area contributed by atoms with Crippen molar-refractivity contribution in [1.29, 1.82) is 0 Å². The van der Waals surface area contributed by atoms with E-state index in [2.05, 4.69) is 47.2 Å². The largest absolute Gasteiger partial charge is 0.358 e. The van der Waals surface area contributed by atoms with Crippen LogP contribution in [0.3, 0.4) is 0 Å². The predicted molar refractivity (Wildman–Crippen MR) is 61.2 cm³/mol. The van der Waals surface area contributed by atoms with E-state index >= 15 is 0 Å². The highest BCUT2D eigenvalue weighted by atomic mass is 79.9. The van der Waals surface area contributed by atoms with Crippen molar-refractivity contribution in [3.05, 3.63) is 34.3 Å². The van der Waals surface area contributed by atoms with Crippen LogP contribution < -0.4 is 5.32 Å². The Balaban J connectivity index is 2.80. The highest BCUT2D eigenvalue weighted by Crippen LogP contribution is 2.23. The Labute approximate surface area is 92.8 Å². The maximum absolute atomic E-state index is 10.2. The molecule has 76 valence electrons. The van der Waals surface area contributed by atoms with E-state index in [9.17, 15) is 4.79 Å². The molecule has 0 saturated heterocycles. The van der Waals surface area contributed by atoms with Gasteiger partial charge in [0.15, 0.2) is 0 Å². The van der Waals surface area contributed by atoms with E-state index in [4.69, 9.17) is 0 Å². The summed E-state index contributed by atoms with van der Waals surface area (Å²) in [6.07, 6.45) is 0.737. The third-order valence-electron chi connectivity index (χ3n) is 2.25. The topological polar surface area (TPSA) is 29.1 Å². The van der Waals surface area contributed by atoms with Crippen LogP contribution in [0.15, 0.2) is 28.7 Å². The minimum atomic E-state index is -0.0262. The van der Waals surface area contributed by atoms with Crippen LogP contribution >= 0.6 is 15.9 Å².